The van der Waals surface area contributed by atoms with Gasteiger partial charge in [0.15, 0.2) is 0 Å². The standard InChI is InChI=1S/C15H16BrNO3S2/c1-9(15(18)20-3)21-7-11-8-22-14(17-11)12-6-10(16)4-5-13(12)19-2/h4-6,8-9H,7H2,1-3H3. The van der Waals surface area contributed by atoms with Gasteiger partial charge in [-0.3, -0.25) is 4.79 Å². The van der Waals surface area contributed by atoms with E-state index in [0.29, 0.717) is 5.75 Å². The third-order valence-corrected chi connectivity index (χ3v) is 5.53. The number of thiazole rings is 1. The first-order valence-corrected chi connectivity index (χ1v) is 9.25. The van der Waals surface area contributed by atoms with Crippen LogP contribution in [0.5, 0.6) is 5.75 Å². The summed E-state index contributed by atoms with van der Waals surface area (Å²) < 4.78 is 11.1. The van der Waals surface area contributed by atoms with E-state index in [9.17, 15) is 4.79 Å². The summed E-state index contributed by atoms with van der Waals surface area (Å²) in [6, 6.07) is 5.84. The van der Waals surface area contributed by atoms with Gasteiger partial charge in [0.2, 0.25) is 0 Å². The van der Waals surface area contributed by atoms with Crippen LogP contribution >= 0.6 is 39.0 Å². The summed E-state index contributed by atoms with van der Waals surface area (Å²) in [6.07, 6.45) is 0. The summed E-state index contributed by atoms with van der Waals surface area (Å²) in [5.41, 5.74) is 1.90. The molecular formula is C15H16BrNO3S2. The largest absolute Gasteiger partial charge is 0.496 e. The van der Waals surface area contributed by atoms with Crippen molar-refractivity contribution in [2.75, 3.05) is 14.2 Å². The molecular weight excluding hydrogens is 386 g/mol. The van der Waals surface area contributed by atoms with Crippen LogP contribution in [0.1, 0.15) is 12.6 Å². The molecule has 0 saturated carbocycles. The maximum atomic E-state index is 11.4. The summed E-state index contributed by atoms with van der Waals surface area (Å²) >= 11 is 6.55. The van der Waals surface area contributed by atoms with E-state index in [-0.39, 0.29) is 11.2 Å². The first-order valence-electron chi connectivity index (χ1n) is 6.53. The van der Waals surface area contributed by atoms with E-state index in [1.54, 1.807) is 18.4 Å². The molecule has 118 valence electrons. The molecule has 2 aromatic rings. The number of halogens is 1. The number of hydrogen-bond acceptors (Lipinski definition) is 6. The van der Waals surface area contributed by atoms with E-state index in [1.165, 1.54) is 18.9 Å². The lowest BCUT2D eigenvalue weighted by molar-refractivity contribution is -0.139. The van der Waals surface area contributed by atoms with Crippen molar-refractivity contribution in [3.8, 4) is 16.3 Å². The number of esters is 1. The van der Waals surface area contributed by atoms with Crippen molar-refractivity contribution in [3.63, 3.8) is 0 Å². The van der Waals surface area contributed by atoms with E-state index in [0.717, 1.165) is 26.5 Å². The second-order valence-corrected chi connectivity index (χ2v) is 7.57. The number of carbonyl (C=O) groups excluding carboxylic acids is 1. The van der Waals surface area contributed by atoms with Crippen LogP contribution in [0.3, 0.4) is 0 Å². The highest BCUT2D eigenvalue weighted by Gasteiger charge is 2.15. The Morgan fingerprint density at radius 1 is 1.45 bits per heavy atom. The van der Waals surface area contributed by atoms with E-state index in [1.807, 2.05) is 30.5 Å². The van der Waals surface area contributed by atoms with E-state index < -0.39 is 0 Å². The summed E-state index contributed by atoms with van der Waals surface area (Å²) in [4.78, 5) is 16.0. The molecule has 1 heterocycles. The zero-order valence-corrected chi connectivity index (χ0v) is 15.7. The Morgan fingerprint density at radius 2 is 2.23 bits per heavy atom. The molecule has 0 aliphatic carbocycles. The Morgan fingerprint density at radius 3 is 2.91 bits per heavy atom. The molecule has 1 unspecified atom stereocenters. The Bertz CT molecular complexity index is 660. The SMILES string of the molecule is COC(=O)C(C)SCc1csc(-c2cc(Br)ccc2OC)n1. The smallest absolute Gasteiger partial charge is 0.318 e. The molecule has 7 heteroatoms. The molecule has 0 spiro atoms. The van der Waals surface area contributed by atoms with Gasteiger partial charge in [0.1, 0.15) is 10.8 Å². The lowest BCUT2D eigenvalue weighted by Crippen LogP contribution is -2.14. The topological polar surface area (TPSA) is 48.4 Å². The highest BCUT2D eigenvalue weighted by Crippen LogP contribution is 2.35. The van der Waals surface area contributed by atoms with Gasteiger partial charge >= 0.3 is 5.97 Å². The minimum atomic E-state index is -0.214. The van der Waals surface area contributed by atoms with Gasteiger partial charge in [0, 0.05) is 15.6 Å². The van der Waals surface area contributed by atoms with Crippen molar-refractivity contribution >= 4 is 45.0 Å². The molecule has 1 aromatic carbocycles. The highest BCUT2D eigenvalue weighted by molar-refractivity contribution is 9.10. The number of aromatic nitrogens is 1. The molecule has 2 rings (SSSR count). The van der Waals surface area contributed by atoms with Gasteiger partial charge in [-0.1, -0.05) is 15.9 Å². The fourth-order valence-corrected chi connectivity index (χ4v) is 3.90. The van der Waals surface area contributed by atoms with Gasteiger partial charge < -0.3 is 9.47 Å². The maximum absolute atomic E-state index is 11.4. The molecule has 1 aromatic heterocycles. The number of hydrogen-bond donors (Lipinski definition) is 0. The Hall–Kier alpha value is -1.05. The Kier molecular flexibility index (Phi) is 6.28. The molecule has 0 fully saturated rings. The predicted octanol–water partition coefficient (Wildman–Crippen LogP) is 4.38. The average Bonchev–Trinajstić information content (AvgIpc) is 3.00. The minimum Gasteiger partial charge on any atom is -0.496 e. The lowest BCUT2D eigenvalue weighted by Gasteiger charge is -2.07. The zero-order valence-electron chi connectivity index (χ0n) is 12.5. The third kappa shape index (κ3) is 4.24. The molecule has 0 bridgehead atoms. The summed E-state index contributed by atoms with van der Waals surface area (Å²) in [5.74, 6) is 1.25. The van der Waals surface area contributed by atoms with Crippen molar-refractivity contribution in [1.82, 2.24) is 4.98 Å². The molecule has 0 aliphatic heterocycles. The Labute approximate surface area is 146 Å². The van der Waals surface area contributed by atoms with Crippen LogP contribution < -0.4 is 4.74 Å². The van der Waals surface area contributed by atoms with Crippen molar-refractivity contribution in [2.45, 2.75) is 17.9 Å². The van der Waals surface area contributed by atoms with E-state index in [2.05, 4.69) is 20.9 Å². The molecule has 0 aliphatic rings. The van der Waals surface area contributed by atoms with Crippen LogP contribution in [0.4, 0.5) is 0 Å². The molecule has 0 radical (unpaired) electrons. The van der Waals surface area contributed by atoms with Gasteiger partial charge in [-0.05, 0) is 25.1 Å². The number of carbonyl (C=O) groups is 1. The summed E-state index contributed by atoms with van der Waals surface area (Å²) in [5, 5.41) is 2.71. The van der Waals surface area contributed by atoms with E-state index in [4.69, 9.17) is 9.47 Å². The monoisotopic (exact) mass is 401 g/mol. The van der Waals surface area contributed by atoms with Crippen LogP contribution in [0, 0.1) is 0 Å². The quantitative estimate of drug-likeness (QED) is 0.672. The first-order chi connectivity index (χ1) is 10.5. The number of methoxy groups -OCH3 is 2. The molecule has 0 N–H and O–H groups in total. The number of thioether (sulfide) groups is 1. The van der Waals surface area contributed by atoms with Gasteiger partial charge in [-0.2, -0.15) is 0 Å². The van der Waals surface area contributed by atoms with Gasteiger partial charge in [-0.15, -0.1) is 23.1 Å². The van der Waals surface area contributed by atoms with Crippen LogP contribution in [-0.2, 0) is 15.3 Å². The zero-order chi connectivity index (χ0) is 16.1. The van der Waals surface area contributed by atoms with Crippen molar-refractivity contribution in [1.29, 1.82) is 0 Å². The van der Waals surface area contributed by atoms with Crippen LogP contribution in [-0.4, -0.2) is 30.4 Å². The third-order valence-electron chi connectivity index (χ3n) is 2.96. The Balaban J connectivity index is 2.12. The summed E-state index contributed by atoms with van der Waals surface area (Å²) in [6.45, 7) is 1.83. The normalized spacial score (nSPS) is 12.0. The van der Waals surface area contributed by atoms with Crippen LogP contribution in [0.15, 0.2) is 28.1 Å². The molecule has 4 nitrogen and oxygen atoms in total. The number of nitrogens with zero attached hydrogens (tertiary/aromatic N) is 1. The lowest BCUT2D eigenvalue weighted by atomic mass is 10.2. The molecule has 0 amide bonds. The molecule has 1 atom stereocenters. The van der Waals surface area contributed by atoms with Crippen molar-refractivity contribution < 1.29 is 14.3 Å². The molecule has 0 saturated heterocycles. The second-order valence-electron chi connectivity index (χ2n) is 4.46. The van der Waals surface area contributed by atoms with Crippen molar-refractivity contribution in [3.05, 3.63) is 33.7 Å². The second kappa shape index (κ2) is 7.99. The van der Waals surface area contributed by atoms with E-state index >= 15 is 0 Å². The fraction of sp³-hybridized carbons (Fsp3) is 0.333. The number of ether oxygens (including phenoxy) is 2. The predicted molar refractivity (Wildman–Crippen MR) is 94.6 cm³/mol. The van der Waals surface area contributed by atoms with Gasteiger partial charge in [-0.25, -0.2) is 4.98 Å². The average molecular weight is 402 g/mol. The first kappa shape index (κ1) is 17.3. The molecule has 22 heavy (non-hydrogen) atoms. The van der Waals surface area contributed by atoms with Crippen LogP contribution in [0.2, 0.25) is 0 Å². The van der Waals surface area contributed by atoms with Gasteiger partial charge in [0.25, 0.3) is 0 Å². The van der Waals surface area contributed by atoms with Crippen molar-refractivity contribution in [2.24, 2.45) is 0 Å². The minimum absolute atomic E-state index is 0.199. The highest BCUT2D eigenvalue weighted by atomic mass is 79.9. The van der Waals surface area contributed by atoms with Gasteiger partial charge in [0.05, 0.1) is 30.7 Å². The number of benzene rings is 1. The van der Waals surface area contributed by atoms with Crippen LogP contribution in [0.25, 0.3) is 10.6 Å². The summed E-state index contributed by atoms with van der Waals surface area (Å²) in [7, 11) is 3.05. The fourth-order valence-electron chi connectivity index (χ4n) is 1.79. The number of rotatable bonds is 6. The maximum Gasteiger partial charge on any atom is 0.318 e.